The maximum atomic E-state index is 12.8. The molecular formula is C16H20N2O3. The molecule has 1 fully saturated rings. The summed E-state index contributed by atoms with van der Waals surface area (Å²) in [6.07, 6.45) is 1.95. The molecule has 0 radical (unpaired) electrons. The van der Waals surface area contributed by atoms with E-state index < -0.39 is 0 Å². The summed E-state index contributed by atoms with van der Waals surface area (Å²) in [5, 5.41) is 4.02. The van der Waals surface area contributed by atoms with Crippen molar-refractivity contribution in [1.29, 1.82) is 0 Å². The van der Waals surface area contributed by atoms with Crippen molar-refractivity contribution < 1.29 is 13.7 Å². The van der Waals surface area contributed by atoms with Crippen LogP contribution in [0.5, 0.6) is 0 Å². The first-order valence-corrected chi connectivity index (χ1v) is 7.29. The lowest BCUT2D eigenvalue weighted by Crippen LogP contribution is -2.31. The number of furan rings is 1. The lowest BCUT2D eigenvalue weighted by Gasteiger charge is -2.24. The van der Waals surface area contributed by atoms with Crippen LogP contribution < -0.4 is 0 Å². The summed E-state index contributed by atoms with van der Waals surface area (Å²) >= 11 is 0. The standard InChI is InChI=1S/C16H20N2O3/c1-9-8-13(11(3)20-9)16(19)18-7-5-6-14(18)15-10(2)17-21-12(15)4/h8,14H,5-7H2,1-4H3/t14-/m1/s1. The minimum Gasteiger partial charge on any atom is -0.466 e. The van der Waals surface area contributed by atoms with E-state index in [1.165, 1.54) is 0 Å². The van der Waals surface area contributed by atoms with E-state index in [0.29, 0.717) is 11.3 Å². The Kier molecular flexibility index (Phi) is 3.35. The first-order valence-electron chi connectivity index (χ1n) is 7.29. The summed E-state index contributed by atoms with van der Waals surface area (Å²) in [6.45, 7) is 8.29. The third kappa shape index (κ3) is 2.26. The summed E-state index contributed by atoms with van der Waals surface area (Å²) in [4.78, 5) is 14.7. The van der Waals surface area contributed by atoms with E-state index in [9.17, 15) is 4.79 Å². The highest BCUT2D eigenvalue weighted by molar-refractivity contribution is 5.95. The van der Waals surface area contributed by atoms with Gasteiger partial charge in [-0.25, -0.2) is 0 Å². The molecule has 3 rings (SSSR count). The highest BCUT2D eigenvalue weighted by Crippen LogP contribution is 2.36. The van der Waals surface area contributed by atoms with Gasteiger partial charge < -0.3 is 13.8 Å². The van der Waals surface area contributed by atoms with Crippen LogP contribution in [0.25, 0.3) is 0 Å². The van der Waals surface area contributed by atoms with E-state index in [2.05, 4.69) is 5.16 Å². The highest BCUT2D eigenvalue weighted by atomic mass is 16.5. The number of amides is 1. The van der Waals surface area contributed by atoms with Crippen LogP contribution in [0, 0.1) is 27.7 Å². The second-order valence-corrected chi connectivity index (χ2v) is 5.72. The van der Waals surface area contributed by atoms with Gasteiger partial charge in [-0.2, -0.15) is 0 Å². The Hall–Kier alpha value is -2.04. The SMILES string of the molecule is Cc1cc(C(=O)N2CCC[C@@H]2c2c(C)noc2C)c(C)o1. The second-order valence-electron chi connectivity index (χ2n) is 5.72. The van der Waals surface area contributed by atoms with Gasteiger partial charge >= 0.3 is 0 Å². The molecule has 1 aliphatic rings. The fraction of sp³-hybridized carbons (Fsp3) is 0.500. The summed E-state index contributed by atoms with van der Waals surface area (Å²) < 4.78 is 10.8. The fourth-order valence-electron chi connectivity index (χ4n) is 3.27. The normalized spacial score (nSPS) is 18.5. The lowest BCUT2D eigenvalue weighted by molar-refractivity contribution is 0.0733. The van der Waals surface area contributed by atoms with Crippen LogP contribution in [0.15, 0.2) is 15.0 Å². The minimum absolute atomic E-state index is 0.0341. The average Bonchev–Trinajstić information content (AvgIpc) is 3.09. The molecule has 1 amide bonds. The van der Waals surface area contributed by atoms with Crippen molar-refractivity contribution in [2.45, 2.75) is 46.6 Å². The summed E-state index contributed by atoms with van der Waals surface area (Å²) in [5.41, 5.74) is 2.59. The van der Waals surface area contributed by atoms with Gasteiger partial charge in [0.1, 0.15) is 17.3 Å². The monoisotopic (exact) mass is 288 g/mol. The molecule has 1 atom stereocenters. The Morgan fingerprint density at radius 2 is 2.05 bits per heavy atom. The molecule has 0 aromatic carbocycles. The largest absolute Gasteiger partial charge is 0.466 e. The van der Waals surface area contributed by atoms with Gasteiger partial charge in [0.05, 0.1) is 17.3 Å². The number of carbonyl (C=O) groups excluding carboxylic acids is 1. The Balaban J connectivity index is 1.94. The highest BCUT2D eigenvalue weighted by Gasteiger charge is 2.35. The van der Waals surface area contributed by atoms with Gasteiger partial charge in [-0.15, -0.1) is 0 Å². The van der Waals surface area contributed by atoms with Crippen LogP contribution in [0.3, 0.4) is 0 Å². The van der Waals surface area contributed by atoms with Crippen molar-refractivity contribution in [3.8, 4) is 0 Å². The average molecular weight is 288 g/mol. The quantitative estimate of drug-likeness (QED) is 0.849. The molecule has 0 spiro atoms. The first-order chi connectivity index (χ1) is 9.99. The van der Waals surface area contributed by atoms with Gasteiger partial charge in [-0.1, -0.05) is 5.16 Å². The molecule has 21 heavy (non-hydrogen) atoms. The molecule has 1 saturated heterocycles. The zero-order chi connectivity index (χ0) is 15.1. The third-order valence-electron chi connectivity index (χ3n) is 4.21. The van der Waals surface area contributed by atoms with Gasteiger partial charge in [0, 0.05) is 12.1 Å². The molecule has 2 aromatic heterocycles. The number of aryl methyl sites for hydroxylation is 4. The van der Waals surface area contributed by atoms with E-state index in [-0.39, 0.29) is 11.9 Å². The number of nitrogens with zero attached hydrogens (tertiary/aromatic N) is 2. The predicted octanol–water partition coefficient (Wildman–Crippen LogP) is 3.48. The first kappa shape index (κ1) is 13.9. The van der Waals surface area contributed by atoms with E-state index in [1.807, 2.05) is 38.7 Å². The van der Waals surface area contributed by atoms with Gasteiger partial charge in [-0.3, -0.25) is 4.79 Å². The van der Waals surface area contributed by atoms with Crippen molar-refractivity contribution in [1.82, 2.24) is 10.1 Å². The maximum Gasteiger partial charge on any atom is 0.257 e. The lowest BCUT2D eigenvalue weighted by atomic mass is 10.0. The Morgan fingerprint density at radius 1 is 1.29 bits per heavy atom. The van der Waals surface area contributed by atoms with Crippen molar-refractivity contribution in [3.05, 3.63) is 40.2 Å². The number of rotatable bonds is 2. The number of likely N-dealkylation sites (tertiary alicyclic amines) is 1. The minimum atomic E-state index is 0.0341. The summed E-state index contributed by atoms with van der Waals surface area (Å²) in [5.74, 6) is 2.29. The molecular weight excluding hydrogens is 268 g/mol. The zero-order valence-electron chi connectivity index (χ0n) is 12.9. The van der Waals surface area contributed by atoms with Gasteiger partial charge in [0.15, 0.2) is 0 Å². The second kappa shape index (κ2) is 5.06. The molecule has 5 heteroatoms. The zero-order valence-corrected chi connectivity index (χ0v) is 12.9. The van der Waals surface area contributed by atoms with Crippen LogP contribution in [0.1, 0.15) is 57.8 Å². The molecule has 1 aliphatic heterocycles. The Labute approximate surface area is 123 Å². The fourth-order valence-corrected chi connectivity index (χ4v) is 3.27. The molecule has 0 unspecified atom stereocenters. The van der Waals surface area contributed by atoms with Crippen LogP contribution in [-0.2, 0) is 0 Å². The van der Waals surface area contributed by atoms with Gasteiger partial charge in [0.25, 0.3) is 5.91 Å². The van der Waals surface area contributed by atoms with E-state index in [1.54, 1.807) is 0 Å². The van der Waals surface area contributed by atoms with E-state index in [0.717, 1.165) is 42.2 Å². The smallest absolute Gasteiger partial charge is 0.257 e. The molecule has 0 N–H and O–H groups in total. The van der Waals surface area contributed by atoms with Crippen LogP contribution in [0.4, 0.5) is 0 Å². The maximum absolute atomic E-state index is 12.8. The van der Waals surface area contributed by atoms with E-state index >= 15 is 0 Å². The molecule has 2 aromatic rings. The molecule has 112 valence electrons. The predicted molar refractivity (Wildman–Crippen MR) is 77.2 cm³/mol. The molecule has 0 bridgehead atoms. The Morgan fingerprint density at radius 3 is 2.62 bits per heavy atom. The van der Waals surface area contributed by atoms with Gasteiger partial charge in [-0.05, 0) is 46.6 Å². The van der Waals surface area contributed by atoms with E-state index in [4.69, 9.17) is 8.94 Å². The molecule has 3 heterocycles. The topological polar surface area (TPSA) is 59.5 Å². The number of hydrogen-bond donors (Lipinski definition) is 0. The van der Waals surface area contributed by atoms with Crippen molar-refractivity contribution in [2.24, 2.45) is 0 Å². The Bertz CT molecular complexity index is 664. The van der Waals surface area contributed by atoms with Crippen molar-refractivity contribution in [2.75, 3.05) is 6.54 Å². The summed E-state index contributed by atoms with van der Waals surface area (Å²) in [7, 11) is 0. The molecule has 5 nitrogen and oxygen atoms in total. The number of hydrogen-bond acceptors (Lipinski definition) is 4. The summed E-state index contributed by atoms with van der Waals surface area (Å²) in [6, 6.07) is 1.87. The van der Waals surface area contributed by atoms with Crippen LogP contribution in [-0.4, -0.2) is 22.5 Å². The number of carbonyl (C=O) groups is 1. The van der Waals surface area contributed by atoms with Crippen LogP contribution >= 0.6 is 0 Å². The van der Waals surface area contributed by atoms with Crippen LogP contribution in [0.2, 0.25) is 0 Å². The van der Waals surface area contributed by atoms with Gasteiger partial charge in [0.2, 0.25) is 0 Å². The third-order valence-corrected chi connectivity index (χ3v) is 4.21. The van der Waals surface area contributed by atoms with Crippen molar-refractivity contribution >= 4 is 5.91 Å². The molecule has 0 aliphatic carbocycles. The molecule has 0 saturated carbocycles. The van der Waals surface area contributed by atoms with Crippen molar-refractivity contribution in [3.63, 3.8) is 0 Å². The number of aromatic nitrogens is 1.